The maximum absolute atomic E-state index is 12.4. The van der Waals surface area contributed by atoms with Crippen molar-refractivity contribution in [1.82, 2.24) is 10.2 Å². The molecule has 2 heterocycles. The van der Waals surface area contributed by atoms with Crippen LogP contribution >= 0.6 is 0 Å². The highest BCUT2D eigenvalue weighted by Gasteiger charge is 2.38. The van der Waals surface area contributed by atoms with Crippen LogP contribution in [0.15, 0.2) is 18.2 Å². The average molecular weight is 344 g/mol. The van der Waals surface area contributed by atoms with Crippen LogP contribution in [0.3, 0.4) is 0 Å². The summed E-state index contributed by atoms with van der Waals surface area (Å²) in [5.41, 5.74) is 1.10. The summed E-state index contributed by atoms with van der Waals surface area (Å²) >= 11 is 0. The molecule has 25 heavy (non-hydrogen) atoms. The molecule has 2 fully saturated rings. The zero-order chi connectivity index (χ0) is 17.2. The summed E-state index contributed by atoms with van der Waals surface area (Å²) in [5.74, 6) is 1.46. The predicted molar refractivity (Wildman–Crippen MR) is 91.4 cm³/mol. The molecule has 0 bridgehead atoms. The Balaban J connectivity index is 1.26. The van der Waals surface area contributed by atoms with Gasteiger partial charge in [-0.2, -0.15) is 0 Å². The highest BCUT2D eigenvalue weighted by Crippen LogP contribution is 2.32. The molecule has 2 amide bonds. The van der Waals surface area contributed by atoms with E-state index in [4.69, 9.17) is 9.47 Å². The van der Waals surface area contributed by atoms with Crippen LogP contribution in [0.25, 0.3) is 0 Å². The fraction of sp³-hybridized carbons (Fsp3) is 0.579. The van der Waals surface area contributed by atoms with Gasteiger partial charge in [0.2, 0.25) is 18.6 Å². The van der Waals surface area contributed by atoms with E-state index >= 15 is 0 Å². The van der Waals surface area contributed by atoms with E-state index in [1.54, 1.807) is 0 Å². The van der Waals surface area contributed by atoms with Gasteiger partial charge in [-0.15, -0.1) is 0 Å². The Morgan fingerprint density at radius 3 is 2.84 bits per heavy atom. The lowest BCUT2D eigenvalue weighted by molar-refractivity contribution is -0.130. The van der Waals surface area contributed by atoms with Gasteiger partial charge in [-0.1, -0.05) is 18.9 Å². The number of hydrogen-bond donors (Lipinski definition) is 1. The lowest BCUT2D eigenvalue weighted by atomic mass is 10.1. The second kappa shape index (κ2) is 6.94. The van der Waals surface area contributed by atoms with E-state index in [2.05, 4.69) is 5.32 Å². The molecule has 2 aliphatic heterocycles. The number of fused-ring (bicyclic) bond motifs is 1. The first kappa shape index (κ1) is 16.2. The fourth-order valence-electron chi connectivity index (χ4n) is 4.05. The van der Waals surface area contributed by atoms with Gasteiger partial charge in [-0.25, -0.2) is 0 Å². The quantitative estimate of drug-likeness (QED) is 0.885. The summed E-state index contributed by atoms with van der Waals surface area (Å²) in [4.78, 5) is 26.5. The lowest BCUT2D eigenvalue weighted by Crippen LogP contribution is -2.37. The van der Waals surface area contributed by atoms with Crippen molar-refractivity contribution in [2.24, 2.45) is 5.92 Å². The number of hydrogen-bond acceptors (Lipinski definition) is 4. The molecule has 4 rings (SSSR count). The van der Waals surface area contributed by atoms with Gasteiger partial charge in [-0.3, -0.25) is 9.59 Å². The van der Waals surface area contributed by atoms with Gasteiger partial charge < -0.3 is 19.7 Å². The molecule has 1 aliphatic carbocycles. The molecule has 0 radical (unpaired) electrons. The molecule has 0 spiro atoms. The molecule has 6 heteroatoms. The third-order valence-electron chi connectivity index (χ3n) is 5.44. The smallest absolute Gasteiger partial charge is 0.231 e. The average Bonchev–Trinajstić information content (AvgIpc) is 3.34. The van der Waals surface area contributed by atoms with Crippen molar-refractivity contribution < 1.29 is 19.1 Å². The Bertz CT molecular complexity index is 669. The van der Waals surface area contributed by atoms with Crippen LogP contribution in [0.1, 0.15) is 37.7 Å². The van der Waals surface area contributed by atoms with Crippen molar-refractivity contribution in [3.8, 4) is 11.5 Å². The minimum Gasteiger partial charge on any atom is -0.454 e. The maximum Gasteiger partial charge on any atom is 0.231 e. The first-order chi connectivity index (χ1) is 12.2. The number of ether oxygens (including phenoxy) is 2. The third-order valence-corrected chi connectivity index (χ3v) is 5.44. The van der Waals surface area contributed by atoms with E-state index in [9.17, 15) is 9.59 Å². The normalized spacial score (nSPS) is 22.6. The van der Waals surface area contributed by atoms with Crippen molar-refractivity contribution in [2.45, 2.75) is 44.6 Å². The van der Waals surface area contributed by atoms with Gasteiger partial charge in [0.15, 0.2) is 11.5 Å². The van der Waals surface area contributed by atoms with Crippen molar-refractivity contribution >= 4 is 11.8 Å². The van der Waals surface area contributed by atoms with Crippen molar-refractivity contribution in [2.75, 3.05) is 19.9 Å². The molecule has 1 atom stereocenters. The largest absolute Gasteiger partial charge is 0.454 e. The molecule has 1 saturated carbocycles. The van der Waals surface area contributed by atoms with Crippen LogP contribution in [0, 0.1) is 5.92 Å². The number of carbonyl (C=O) groups excluding carboxylic acids is 2. The zero-order valence-electron chi connectivity index (χ0n) is 14.3. The third kappa shape index (κ3) is 3.43. The summed E-state index contributed by atoms with van der Waals surface area (Å²) in [6.45, 7) is 1.41. The number of amides is 2. The molecule has 6 nitrogen and oxygen atoms in total. The number of carbonyl (C=O) groups is 2. The fourth-order valence-corrected chi connectivity index (χ4v) is 4.05. The SMILES string of the molecule is O=C(NCCc1ccc2c(c1)OCO2)[C@@H]1CC(=O)N(C2CCCC2)C1. The van der Waals surface area contributed by atoms with E-state index in [1.165, 1.54) is 12.8 Å². The Kier molecular flexibility index (Phi) is 4.51. The monoisotopic (exact) mass is 344 g/mol. The summed E-state index contributed by atoms with van der Waals surface area (Å²) in [6.07, 6.45) is 5.65. The van der Waals surface area contributed by atoms with Crippen molar-refractivity contribution in [3.63, 3.8) is 0 Å². The second-order valence-corrected chi connectivity index (χ2v) is 7.11. The molecule has 1 N–H and O–H groups in total. The number of nitrogens with zero attached hydrogens (tertiary/aromatic N) is 1. The van der Waals surface area contributed by atoms with Crippen LogP contribution in [-0.2, 0) is 16.0 Å². The van der Waals surface area contributed by atoms with E-state index in [-0.39, 0.29) is 24.5 Å². The van der Waals surface area contributed by atoms with Gasteiger partial charge in [0.05, 0.1) is 5.92 Å². The molecule has 1 saturated heterocycles. The van der Waals surface area contributed by atoms with Crippen LogP contribution in [0.5, 0.6) is 11.5 Å². The van der Waals surface area contributed by atoms with Crippen LogP contribution in [-0.4, -0.2) is 42.6 Å². The Hall–Kier alpha value is -2.24. The summed E-state index contributed by atoms with van der Waals surface area (Å²) in [6, 6.07) is 6.20. The zero-order valence-corrected chi connectivity index (χ0v) is 14.3. The standard InChI is InChI=1S/C19H24N2O4/c22-18-10-14(11-21(18)15-3-1-2-4-15)19(23)20-8-7-13-5-6-16-17(9-13)25-12-24-16/h5-6,9,14-15H,1-4,7-8,10-12H2,(H,20,23)/t14-/m1/s1. The van der Waals surface area contributed by atoms with Gasteiger partial charge in [0, 0.05) is 25.6 Å². The van der Waals surface area contributed by atoms with Crippen molar-refractivity contribution in [3.05, 3.63) is 23.8 Å². The Morgan fingerprint density at radius 1 is 1.20 bits per heavy atom. The second-order valence-electron chi connectivity index (χ2n) is 7.11. The van der Waals surface area contributed by atoms with Gasteiger partial charge >= 0.3 is 0 Å². The van der Waals surface area contributed by atoms with E-state index in [0.29, 0.717) is 25.6 Å². The Labute approximate surface area is 147 Å². The summed E-state index contributed by atoms with van der Waals surface area (Å²) in [7, 11) is 0. The van der Waals surface area contributed by atoms with E-state index in [0.717, 1.165) is 36.3 Å². The summed E-state index contributed by atoms with van der Waals surface area (Å²) in [5, 5.41) is 2.98. The van der Waals surface area contributed by atoms with Crippen LogP contribution in [0.2, 0.25) is 0 Å². The highest BCUT2D eigenvalue weighted by molar-refractivity contribution is 5.89. The summed E-state index contributed by atoms with van der Waals surface area (Å²) < 4.78 is 10.7. The van der Waals surface area contributed by atoms with Crippen molar-refractivity contribution in [1.29, 1.82) is 0 Å². The first-order valence-corrected chi connectivity index (χ1v) is 9.16. The lowest BCUT2D eigenvalue weighted by Gasteiger charge is -2.23. The maximum atomic E-state index is 12.4. The molecule has 134 valence electrons. The molecular weight excluding hydrogens is 320 g/mol. The number of likely N-dealkylation sites (tertiary alicyclic amines) is 1. The molecule has 1 aromatic rings. The number of rotatable bonds is 5. The highest BCUT2D eigenvalue weighted by atomic mass is 16.7. The van der Waals surface area contributed by atoms with Crippen LogP contribution < -0.4 is 14.8 Å². The van der Waals surface area contributed by atoms with Crippen LogP contribution in [0.4, 0.5) is 0 Å². The Morgan fingerprint density at radius 2 is 2.00 bits per heavy atom. The van der Waals surface area contributed by atoms with Gasteiger partial charge in [0.1, 0.15) is 0 Å². The van der Waals surface area contributed by atoms with Gasteiger partial charge in [0.25, 0.3) is 0 Å². The molecule has 3 aliphatic rings. The minimum absolute atomic E-state index is 0.00501. The number of benzene rings is 1. The topological polar surface area (TPSA) is 67.9 Å². The predicted octanol–water partition coefficient (Wildman–Crippen LogP) is 1.87. The van der Waals surface area contributed by atoms with E-state index < -0.39 is 0 Å². The number of nitrogens with one attached hydrogen (secondary N) is 1. The molecule has 0 unspecified atom stereocenters. The molecule has 0 aromatic heterocycles. The van der Waals surface area contributed by atoms with E-state index in [1.807, 2.05) is 23.1 Å². The molecule has 1 aromatic carbocycles. The van der Waals surface area contributed by atoms with Gasteiger partial charge in [-0.05, 0) is 37.0 Å². The minimum atomic E-state index is -0.204. The molecular formula is C19H24N2O4. The first-order valence-electron chi connectivity index (χ1n) is 9.16.